The SMILES string of the molecule is COc1ccc(C(CC(=O)O)NC(=O)C2CCCN(CCCc3ccc4c(n3)NCCC4)C2)cn1. The van der Waals surface area contributed by atoms with E-state index in [9.17, 15) is 14.7 Å². The number of rotatable bonds is 10. The van der Waals surface area contributed by atoms with E-state index in [1.165, 1.54) is 12.7 Å². The molecule has 2 aromatic heterocycles. The molecule has 9 nitrogen and oxygen atoms in total. The Balaban J connectivity index is 1.29. The lowest BCUT2D eigenvalue weighted by Crippen LogP contribution is -2.44. The first-order valence-electron chi connectivity index (χ1n) is 12.5. The predicted molar refractivity (Wildman–Crippen MR) is 132 cm³/mol. The summed E-state index contributed by atoms with van der Waals surface area (Å²) >= 11 is 0. The number of carboxylic acid groups (broad SMARTS) is 1. The molecule has 1 amide bonds. The predicted octanol–water partition coefficient (Wildman–Crippen LogP) is 2.82. The van der Waals surface area contributed by atoms with Gasteiger partial charge in [0.15, 0.2) is 0 Å². The quantitative estimate of drug-likeness (QED) is 0.474. The van der Waals surface area contributed by atoms with Gasteiger partial charge in [-0.3, -0.25) is 9.59 Å². The van der Waals surface area contributed by atoms with Crippen LogP contribution in [0.3, 0.4) is 0 Å². The molecule has 0 aromatic carbocycles. The van der Waals surface area contributed by atoms with Crippen molar-refractivity contribution in [1.82, 2.24) is 20.2 Å². The minimum atomic E-state index is -0.970. The van der Waals surface area contributed by atoms with Gasteiger partial charge >= 0.3 is 5.97 Å². The zero-order chi connectivity index (χ0) is 24.6. The number of aromatic nitrogens is 2. The normalized spacial score (nSPS) is 18.7. The third-order valence-electron chi connectivity index (χ3n) is 6.80. The number of piperidine rings is 1. The second kappa shape index (κ2) is 12.0. The number of methoxy groups -OCH3 is 1. The van der Waals surface area contributed by atoms with Crippen LogP contribution in [0.5, 0.6) is 5.88 Å². The van der Waals surface area contributed by atoms with Gasteiger partial charge in [-0.05, 0) is 68.8 Å². The number of pyridine rings is 2. The molecule has 35 heavy (non-hydrogen) atoms. The van der Waals surface area contributed by atoms with Crippen LogP contribution in [0.25, 0.3) is 0 Å². The number of anilines is 1. The van der Waals surface area contributed by atoms with Crippen LogP contribution in [0.2, 0.25) is 0 Å². The lowest BCUT2D eigenvalue weighted by atomic mass is 9.95. The molecule has 2 atom stereocenters. The zero-order valence-electron chi connectivity index (χ0n) is 20.3. The van der Waals surface area contributed by atoms with E-state index in [0.717, 1.165) is 69.7 Å². The number of nitrogens with one attached hydrogen (secondary N) is 2. The van der Waals surface area contributed by atoms with Gasteiger partial charge in [-0.25, -0.2) is 9.97 Å². The second-order valence-corrected chi connectivity index (χ2v) is 9.38. The van der Waals surface area contributed by atoms with Crippen LogP contribution in [0.4, 0.5) is 5.82 Å². The van der Waals surface area contributed by atoms with Crippen LogP contribution in [-0.4, -0.2) is 65.1 Å². The summed E-state index contributed by atoms with van der Waals surface area (Å²) in [6.45, 7) is 3.56. The Kier molecular flexibility index (Phi) is 8.52. The lowest BCUT2D eigenvalue weighted by Gasteiger charge is -2.32. The van der Waals surface area contributed by atoms with Gasteiger partial charge in [-0.15, -0.1) is 0 Å². The summed E-state index contributed by atoms with van der Waals surface area (Å²) in [5.74, 6) is 0.254. The number of hydrogen-bond acceptors (Lipinski definition) is 7. The first-order valence-corrected chi connectivity index (χ1v) is 12.5. The van der Waals surface area contributed by atoms with Gasteiger partial charge in [0.05, 0.1) is 25.5 Å². The van der Waals surface area contributed by atoms with Crippen LogP contribution < -0.4 is 15.4 Å². The highest BCUT2D eigenvalue weighted by Crippen LogP contribution is 2.23. The number of fused-ring (bicyclic) bond motifs is 1. The molecule has 4 heterocycles. The molecule has 188 valence electrons. The molecular weight excluding hydrogens is 446 g/mol. The minimum absolute atomic E-state index is 0.0980. The van der Waals surface area contributed by atoms with Crippen molar-refractivity contribution in [3.63, 3.8) is 0 Å². The molecule has 1 fully saturated rings. The largest absolute Gasteiger partial charge is 0.481 e. The molecule has 1 saturated heterocycles. The number of nitrogens with zero attached hydrogens (tertiary/aromatic N) is 3. The van der Waals surface area contributed by atoms with Gasteiger partial charge in [-0.2, -0.15) is 0 Å². The van der Waals surface area contributed by atoms with Crippen molar-refractivity contribution in [3.05, 3.63) is 47.3 Å². The van der Waals surface area contributed by atoms with Crippen molar-refractivity contribution in [2.24, 2.45) is 5.92 Å². The maximum atomic E-state index is 13.1. The van der Waals surface area contributed by atoms with Crippen LogP contribution >= 0.6 is 0 Å². The van der Waals surface area contributed by atoms with Gasteiger partial charge in [0.1, 0.15) is 5.82 Å². The molecule has 9 heteroatoms. The van der Waals surface area contributed by atoms with Gasteiger partial charge in [-0.1, -0.05) is 12.1 Å². The molecule has 4 rings (SSSR count). The fourth-order valence-electron chi connectivity index (χ4n) is 4.90. The summed E-state index contributed by atoms with van der Waals surface area (Å²) in [5, 5.41) is 15.7. The van der Waals surface area contributed by atoms with E-state index in [1.807, 2.05) is 0 Å². The van der Waals surface area contributed by atoms with Crippen molar-refractivity contribution in [2.45, 2.75) is 51.0 Å². The first kappa shape index (κ1) is 24.9. The van der Waals surface area contributed by atoms with Gasteiger partial charge in [0.2, 0.25) is 11.8 Å². The fourth-order valence-corrected chi connectivity index (χ4v) is 4.90. The summed E-state index contributed by atoms with van der Waals surface area (Å²) in [4.78, 5) is 35.8. The highest BCUT2D eigenvalue weighted by atomic mass is 16.5. The second-order valence-electron chi connectivity index (χ2n) is 9.38. The van der Waals surface area contributed by atoms with Crippen LogP contribution in [0.1, 0.15) is 55.0 Å². The molecule has 0 aliphatic carbocycles. The van der Waals surface area contributed by atoms with Crippen LogP contribution in [-0.2, 0) is 22.4 Å². The highest BCUT2D eigenvalue weighted by Gasteiger charge is 2.28. The number of amides is 1. The van der Waals surface area contributed by atoms with E-state index >= 15 is 0 Å². The van der Waals surface area contributed by atoms with Gasteiger partial charge < -0.3 is 25.4 Å². The monoisotopic (exact) mass is 481 g/mol. The Bertz CT molecular complexity index is 1010. The van der Waals surface area contributed by atoms with Crippen LogP contribution in [0.15, 0.2) is 30.5 Å². The molecular formula is C26H35N5O4. The Labute approximate surface area is 206 Å². The van der Waals surface area contributed by atoms with Gasteiger partial charge in [0, 0.05) is 31.0 Å². The molecule has 0 spiro atoms. The van der Waals surface area contributed by atoms with E-state index in [-0.39, 0.29) is 18.2 Å². The minimum Gasteiger partial charge on any atom is -0.481 e. The number of aliphatic carboxylic acids is 1. The molecule has 0 bridgehead atoms. The lowest BCUT2D eigenvalue weighted by molar-refractivity contribution is -0.138. The average molecular weight is 482 g/mol. The summed E-state index contributed by atoms with van der Waals surface area (Å²) in [5.41, 5.74) is 3.06. The van der Waals surface area contributed by atoms with Crippen molar-refractivity contribution < 1.29 is 19.4 Å². The summed E-state index contributed by atoms with van der Waals surface area (Å²) in [7, 11) is 1.52. The maximum absolute atomic E-state index is 13.1. The number of likely N-dealkylation sites (tertiary alicyclic amines) is 1. The van der Waals surface area contributed by atoms with Gasteiger partial charge in [0.25, 0.3) is 0 Å². The average Bonchev–Trinajstić information content (AvgIpc) is 2.88. The highest BCUT2D eigenvalue weighted by molar-refractivity contribution is 5.80. The molecule has 2 unspecified atom stereocenters. The number of hydrogen-bond donors (Lipinski definition) is 3. The van der Waals surface area contributed by atoms with E-state index < -0.39 is 12.0 Å². The molecule has 0 radical (unpaired) electrons. The van der Waals surface area contributed by atoms with E-state index in [4.69, 9.17) is 9.72 Å². The Morgan fingerprint density at radius 3 is 2.94 bits per heavy atom. The Morgan fingerprint density at radius 2 is 2.17 bits per heavy atom. The van der Waals surface area contributed by atoms with Crippen LogP contribution in [0, 0.1) is 5.92 Å². The van der Waals surface area contributed by atoms with Crippen molar-refractivity contribution in [2.75, 3.05) is 38.6 Å². The Hall–Kier alpha value is -3.20. The zero-order valence-corrected chi connectivity index (χ0v) is 20.3. The molecule has 2 aliphatic heterocycles. The van der Waals surface area contributed by atoms with Crippen molar-refractivity contribution >= 4 is 17.7 Å². The number of carboxylic acids is 1. The summed E-state index contributed by atoms with van der Waals surface area (Å²) in [6.07, 6.45) is 7.27. The van der Waals surface area contributed by atoms with E-state index in [2.05, 4.69) is 32.7 Å². The molecule has 0 saturated carbocycles. The summed E-state index contributed by atoms with van der Waals surface area (Å²) in [6, 6.07) is 7.12. The number of aryl methyl sites for hydroxylation is 2. The van der Waals surface area contributed by atoms with E-state index in [0.29, 0.717) is 18.0 Å². The summed E-state index contributed by atoms with van der Waals surface area (Å²) < 4.78 is 5.08. The standard InChI is InChI=1S/C26H35N5O4/c1-35-23-11-9-19(16-28-23)22(15-24(32)33)30-26(34)20-6-3-13-31(17-20)14-4-7-21-10-8-18-5-2-12-27-25(18)29-21/h8-11,16,20,22H,2-7,12-15,17H2,1H3,(H,27,29)(H,30,34)(H,32,33). The topological polar surface area (TPSA) is 117 Å². The molecule has 2 aromatic rings. The number of carbonyl (C=O) groups excluding carboxylic acids is 1. The first-order chi connectivity index (χ1) is 17.0. The van der Waals surface area contributed by atoms with Crippen molar-refractivity contribution in [3.8, 4) is 5.88 Å². The Morgan fingerprint density at radius 1 is 1.29 bits per heavy atom. The number of carbonyl (C=O) groups is 2. The van der Waals surface area contributed by atoms with Crippen molar-refractivity contribution in [1.29, 1.82) is 0 Å². The third kappa shape index (κ3) is 6.91. The smallest absolute Gasteiger partial charge is 0.305 e. The maximum Gasteiger partial charge on any atom is 0.305 e. The molecule has 3 N–H and O–H groups in total. The molecule has 2 aliphatic rings. The van der Waals surface area contributed by atoms with E-state index in [1.54, 1.807) is 18.3 Å². The fraction of sp³-hybridized carbons (Fsp3) is 0.538. The number of ether oxygens (including phenoxy) is 1. The third-order valence-corrected chi connectivity index (χ3v) is 6.80.